The van der Waals surface area contributed by atoms with Gasteiger partial charge in [0, 0.05) is 37.9 Å². The topological polar surface area (TPSA) is 45.7 Å². The molecule has 7 heteroatoms. The third kappa shape index (κ3) is 4.29. The van der Waals surface area contributed by atoms with Gasteiger partial charge in [0.25, 0.3) is 6.43 Å². The number of alkyl halides is 2. The molecule has 1 saturated heterocycles. The normalized spacial score (nSPS) is 16.1. The summed E-state index contributed by atoms with van der Waals surface area (Å²) in [5.74, 6) is 0.647. The highest BCUT2D eigenvalue weighted by Gasteiger charge is 2.26. The lowest BCUT2D eigenvalue weighted by Gasteiger charge is -2.36. The maximum atomic E-state index is 12.5. The number of nitrogens with zero attached hydrogens (tertiary/aromatic N) is 3. The van der Waals surface area contributed by atoms with Crippen molar-refractivity contribution in [2.75, 3.05) is 31.1 Å². The van der Waals surface area contributed by atoms with E-state index in [0.29, 0.717) is 32.0 Å². The van der Waals surface area contributed by atoms with Crippen molar-refractivity contribution < 1.29 is 18.3 Å². The largest absolute Gasteiger partial charge is 0.444 e. The zero-order chi connectivity index (χ0) is 16.3. The number of amides is 1. The molecule has 0 aliphatic carbocycles. The average molecular weight is 313 g/mol. The lowest BCUT2D eigenvalue weighted by Crippen LogP contribution is -2.50. The number of carbonyl (C=O) groups excluding carboxylic acids is 1. The molecule has 1 aromatic heterocycles. The van der Waals surface area contributed by atoms with E-state index in [9.17, 15) is 13.6 Å². The molecule has 1 aliphatic heterocycles. The fourth-order valence-electron chi connectivity index (χ4n) is 2.16. The monoisotopic (exact) mass is 313 g/mol. The summed E-state index contributed by atoms with van der Waals surface area (Å²) in [4.78, 5) is 19.6. The van der Waals surface area contributed by atoms with Crippen molar-refractivity contribution in [3.05, 3.63) is 23.9 Å². The first-order chi connectivity index (χ1) is 10.3. The van der Waals surface area contributed by atoms with Crippen molar-refractivity contribution in [1.29, 1.82) is 0 Å². The van der Waals surface area contributed by atoms with E-state index in [-0.39, 0.29) is 11.7 Å². The zero-order valence-electron chi connectivity index (χ0n) is 13.1. The van der Waals surface area contributed by atoms with Gasteiger partial charge in [0.1, 0.15) is 11.4 Å². The van der Waals surface area contributed by atoms with Gasteiger partial charge in [0.2, 0.25) is 0 Å². The molecule has 0 atom stereocenters. The molecule has 22 heavy (non-hydrogen) atoms. The van der Waals surface area contributed by atoms with Gasteiger partial charge in [-0.3, -0.25) is 0 Å². The third-order valence-corrected chi connectivity index (χ3v) is 3.28. The molecular weight excluding hydrogens is 292 g/mol. The summed E-state index contributed by atoms with van der Waals surface area (Å²) in [7, 11) is 0. The first-order valence-corrected chi connectivity index (χ1v) is 7.23. The van der Waals surface area contributed by atoms with Crippen LogP contribution in [-0.4, -0.2) is 47.8 Å². The summed E-state index contributed by atoms with van der Waals surface area (Å²) in [5.41, 5.74) is -0.600. The predicted octanol–water partition coefficient (Wildman–Crippen LogP) is 3.08. The van der Waals surface area contributed by atoms with Crippen LogP contribution in [-0.2, 0) is 4.74 Å². The molecule has 1 fully saturated rings. The minimum Gasteiger partial charge on any atom is -0.444 e. The van der Waals surface area contributed by atoms with Gasteiger partial charge in [0.15, 0.2) is 0 Å². The van der Waals surface area contributed by atoms with E-state index in [1.54, 1.807) is 11.0 Å². The molecular formula is C15H21F2N3O2. The van der Waals surface area contributed by atoms with Crippen molar-refractivity contribution >= 4 is 11.9 Å². The number of piperazine rings is 1. The number of anilines is 1. The van der Waals surface area contributed by atoms with Crippen LogP contribution >= 0.6 is 0 Å². The van der Waals surface area contributed by atoms with Gasteiger partial charge in [-0.15, -0.1) is 0 Å². The van der Waals surface area contributed by atoms with E-state index in [0.717, 1.165) is 0 Å². The Morgan fingerprint density at radius 2 is 1.86 bits per heavy atom. The second-order valence-corrected chi connectivity index (χ2v) is 6.20. The van der Waals surface area contributed by atoms with Crippen LogP contribution < -0.4 is 4.90 Å². The van der Waals surface area contributed by atoms with Crippen molar-refractivity contribution in [3.63, 3.8) is 0 Å². The van der Waals surface area contributed by atoms with E-state index in [4.69, 9.17) is 4.74 Å². The van der Waals surface area contributed by atoms with Crippen LogP contribution in [0.25, 0.3) is 0 Å². The average Bonchev–Trinajstić information content (AvgIpc) is 2.46. The molecule has 2 rings (SSSR count). The number of rotatable bonds is 2. The standard InChI is InChI=1S/C15H21F2N3O2/c1-15(2,3)22-14(21)20-8-6-19(7-9-20)12-5-4-11(10-18-12)13(16)17/h4-5,10,13H,6-9H2,1-3H3. The van der Waals surface area contributed by atoms with Gasteiger partial charge in [-0.25, -0.2) is 18.6 Å². The van der Waals surface area contributed by atoms with Gasteiger partial charge in [-0.05, 0) is 32.9 Å². The van der Waals surface area contributed by atoms with Gasteiger partial charge >= 0.3 is 6.09 Å². The molecule has 0 saturated carbocycles. The highest BCUT2D eigenvalue weighted by Crippen LogP contribution is 2.21. The van der Waals surface area contributed by atoms with Crippen molar-refractivity contribution in [3.8, 4) is 0 Å². The molecule has 0 radical (unpaired) electrons. The molecule has 1 amide bonds. The first kappa shape index (κ1) is 16.5. The maximum absolute atomic E-state index is 12.5. The Kier molecular flexibility index (Phi) is 4.83. The molecule has 1 aliphatic rings. The van der Waals surface area contributed by atoms with Gasteiger partial charge < -0.3 is 14.5 Å². The van der Waals surface area contributed by atoms with Crippen LogP contribution in [0.15, 0.2) is 18.3 Å². The number of ether oxygens (including phenoxy) is 1. The number of halogens is 2. The number of aromatic nitrogens is 1. The highest BCUT2D eigenvalue weighted by molar-refractivity contribution is 5.68. The van der Waals surface area contributed by atoms with Crippen molar-refractivity contribution in [1.82, 2.24) is 9.88 Å². The molecule has 122 valence electrons. The Bertz CT molecular complexity index is 507. The zero-order valence-corrected chi connectivity index (χ0v) is 13.1. The van der Waals surface area contributed by atoms with Crippen molar-refractivity contribution in [2.24, 2.45) is 0 Å². The summed E-state index contributed by atoms with van der Waals surface area (Å²) >= 11 is 0. The molecule has 0 bridgehead atoms. The second-order valence-electron chi connectivity index (χ2n) is 6.20. The van der Waals surface area contributed by atoms with Crippen LogP contribution in [0, 0.1) is 0 Å². The summed E-state index contributed by atoms with van der Waals surface area (Å²) < 4.78 is 30.3. The SMILES string of the molecule is CC(C)(C)OC(=O)N1CCN(c2ccc(C(F)F)cn2)CC1. The van der Waals surface area contributed by atoms with Crippen LogP contribution in [0.4, 0.5) is 19.4 Å². The number of hydrogen-bond donors (Lipinski definition) is 0. The lowest BCUT2D eigenvalue weighted by molar-refractivity contribution is 0.0240. The summed E-state index contributed by atoms with van der Waals surface area (Å²) in [5, 5.41) is 0. The van der Waals surface area contributed by atoms with E-state index in [1.807, 2.05) is 25.7 Å². The Balaban J connectivity index is 1.90. The van der Waals surface area contributed by atoms with Crippen LogP contribution in [0.5, 0.6) is 0 Å². The molecule has 0 N–H and O–H groups in total. The fraction of sp³-hybridized carbons (Fsp3) is 0.600. The van der Waals surface area contributed by atoms with E-state index in [1.165, 1.54) is 12.3 Å². The Labute approximate surface area is 128 Å². The quantitative estimate of drug-likeness (QED) is 0.842. The molecule has 0 spiro atoms. The fourth-order valence-corrected chi connectivity index (χ4v) is 2.16. The first-order valence-electron chi connectivity index (χ1n) is 7.23. The van der Waals surface area contributed by atoms with Gasteiger partial charge in [0.05, 0.1) is 0 Å². The van der Waals surface area contributed by atoms with Gasteiger partial charge in [-0.1, -0.05) is 0 Å². The van der Waals surface area contributed by atoms with E-state index < -0.39 is 12.0 Å². The summed E-state index contributed by atoms with van der Waals surface area (Å²) in [6.45, 7) is 7.72. The number of carbonyl (C=O) groups is 1. The summed E-state index contributed by atoms with van der Waals surface area (Å²) in [6.07, 6.45) is -1.64. The lowest BCUT2D eigenvalue weighted by atomic mass is 10.2. The van der Waals surface area contributed by atoms with E-state index in [2.05, 4.69) is 4.98 Å². The molecule has 0 aromatic carbocycles. The smallest absolute Gasteiger partial charge is 0.410 e. The van der Waals surface area contributed by atoms with Crippen LogP contribution in [0.1, 0.15) is 32.8 Å². The molecule has 0 unspecified atom stereocenters. The van der Waals surface area contributed by atoms with Crippen molar-refractivity contribution in [2.45, 2.75) is 32.8 Å². The Morgan fingerprint density at radius 3 is 2.32 bits per heavy atom. The summed E-state index contributed by atoms with van der Waals surface area (Å²) in [6, 6.07) is 2.97. The van der Waals surface area contributed by atoms with Gasteiger partial charge in [-0.2, -0.15) is 0 Å². The minimum absolute atomic E-state index is 0.0869. The Morgan fingerprint density at radius 1 is 1.23 bits per heavy atom. The molecule has 1 aromatic rings. The highest BCUT2D eigenvalue weighted by atomic mass is 19.3. The number of pyridine rings is 1. The second kappa shape index (κ2) is 6.46. The predicted molar refractivity (Wildman–Crippen MR) is 79.2 cm³/mol. The van der Waals surface area contributed by atoms with Crippen LogP contribution in [0.3, 0.4) is 0 Å². The Hall–Kier alpha value is -1.92. The minimum atomic E-state index is -2.51. The van der Waals surface area contributed by atoms with Crippen LogP contribution in [0.2, 0.25) is 0 Å². The van der Waals surface area contributed by atoms with E-state index >= 15 is 0 Å². The molecule has 5 nitrogen and oxygen atoms in total. The number of hydrogen-bond acceptors (Lipinski definition) is 4. The molecule has 2 heterocycles. The maximum Gasteiger partial charge on any atom is 0.410 e. The third-order valence-electron chi connectivity index (χ3n) is 3.28.